The van der Waals surface area contributed by atoms with Gasteiger partial charge in [-0.3, -0.25) is 9.59 Å². The van der Waals surface area contributed by atoms with E-state index < -0.39 is 5.91 Å². The summed E-state index contributed by atoms with van der Waals surface area (Å²) in [4.78, 5) is 22.7. The van der Waals surface area contributed by atoms with Gasteiger partial charge in [0, 0.05) is 15.9 Å². The van der Waals surface area contributed by atoms with Crippen LogP contribution in [0.5, 0.6) is 0 Å². The van der Waals surface area contributed by atoms with Crippen LogP contribution in [-0.2, 0) is 9.59 Å². The third-order valence-corrected chi connectivity index (χ3v) is 2.68. The first kappa shape index (κ1) is 15.9. The van der Waals surface area contributed by atoms with E-state index in [1.165, 1.54) is 0 Å². The zero-order valence-electron chi connectivity index (χ0n) is 10.8. The first-order chi connectivity index (χ1) is 9.51. The number of amides is 2. The fraction of sp³-hybridized carbons (Fsp3) is 0.231. The Morgan fingerprint density at radius 1 is 1.30 bits per heavy atom. The monoisotopic (exact) mass is 336 g/mol. The fourth-order valence-corrected chi connectivity index (χ4v) is 1.54. The molecule has 2 N–H and O–H groups in total. The van der Waals surface area contributed by atoms with E-state index in [2.05, 4.69) is 31.8 Å². The van der Waals surface area contributed by atoms with Crippen LogP contribution >= 0.6 is 15.9 Å². The lowest BCUT2D eigenvalue weighted by atomic mass is 10.2. The van der Waals surface area contributed by atoms with E-state index in [0.29, 0.717) is 11.4 Å². The first-order valence-corrected chi connectivity index (χ1v) is 6.55. The van der Waals surface area contributed by atoms with Crippen molar-refractivity contribution < 1.29 is 9.59 Å². The van der Waals surface area contributed by atoms with Crippen molar-refractivity contribution in [1.29, 1.82) is 5.26 Å². The molecule has 20 heavy (non-hydrogen) atoms. The molecule has 0 unspecified atom stereocenters. The number of nitrogens with one attached hydrogen (secondary N) is 2. The summed E-state index contributed by atoms with van der Waals surface area (Å²) in [5.74, 6) is -0.733. The van der Waals surface area contributed by atoms with Gasteiger partial charge in [-0.05, 0) is 31.2 Å². The molecule has 0 aliphatic heterocycles. The Balaban J connectivity index is 2.45. The molecule has 1 aromatic carbocycles. The molecule has 2 amide bonds. The van der Waals surface area contributed by atoms with Crippen molar-refractivity contribution in [1.82, 2.24) is 5.43 Å². The molecule has 0 atom stereocenters. The highest BCUT2D eigenvalue weighted by Crippen LogP contribution is 2.14. The number of halogens is 1. The standard InChI is InChI=1S/C13H13BrN4O2/c1-9(17-18-12(19)6-7-15)8-13(20)16-11-4-2-10(14)3-5-11/h2-5H,6,8H2,1H3,(H,16,20)(H,18,19). The smallest absolute Gasteiger partial charge is 0.254 e. The van der Waals surface area contributed by atoms with Gasteiger partial charge in [0.05, 0.1) is 12.5 Å². The van der Waals surface area contributed by atoms with E-state index in [1.54, 1.807) is 25.1 Å². The van der Waals surface area contributed by atoms with Crippen LogP contribution < -0.4 is 10.7 Å². The number of benzene rings is 1. The van der Waals surface area contributed by atoms with Gasteiger partial charge in [-0.25, -0.2) is 5.43 Å². The van der Waals surface area contributed by atoms with Crippen molar-refractivity contribution in [3.8, 4) is 6.07 Å². The Morgan fingerprint density at radius 2 is 1.95 bits per heavy atom. The second kappa shape index (κ2) is 8.07. The summed E-state index contributed by atoms with van der Waals surface area (Å²) in [6.07, 6.45) is -0.204. The molecule has 0 saturated heterocycles. The van der Waals surface area contributed by atoms with E-state index in [4.69, 9.17) is 5.26 Å². The van der Waals surface area contributed by atoms with Crippen LogP contribution in [0.2, 0.25) is 0 Å². The lowest BCUT2D eigenvalue weighted by molar-refractivity contribution is -0.120. The summed E-state index contributed by atoms with van der Waals surface area (Å²) >= 11 is 3.30. The Morgan fingerprint density at radius 3 is 2.55 bits per heavy atom. The van der Waals surface area contributed by atoms with Gasteiger partial charge >= 0.3 is 0 Å². The van der Waals surface area contributed by atoms with E-state index in [0.717, 1.165) is 4.47 Å². The summed E-state index contributed by atoms with van der Waals surface area (Å²) in [6.45, 7) is 1.62. The van der Waals surface area contributed by atoms with E-state index in [-0.39, 0.29) is 18.7 Å². The average molecular weight is 337 g/mol. The van der Waals surface area contributed by atoms with Crippen molar-refractivity contribution in [3.63, 3.8) is 0 Å². The molecule has 0 bridgehead atoms. The van der Waals surface area contributed by atoms with Gasteiger partial charge in [0.1, 0.15) is 6.42 Å². The summed E-state index contributed by atoms with van der Waals surface area (Å²) < 4.78 is 0.924. The van der Waals surface area contributed by atoms with Crippen LogP contribution in [0.15, 0.2) is 33.8 Å². The molecule has 1 rings (SSSR count). The lowest BCUT2D eigenvalue weighted by Crippen LogP contribution is -2.20. The highest BCUT2D eigenvalue weighted by molar-refractivity contribution is 9.10. The average Bonchev–Trinajstić information content (AvgIpc) is 2.39. The Bertz CT molecular complexity index is 561. The third-order valence-electron chi connectivity index (χ3n) is 2.16. The molecule has 0 aromatic heterocycles. The number of nitrogens with zero attached hydrogens (tertiary/aromatic N) is 2. The topological polar surface area (TPSA) is 94.3 Å². The Labute approximate surface area is 125 Å². The van der Waals surface area contributed by atoms with Crippen molar-refractivity contribution >= 4 is 39.1 Å². The van der Waals surface area contributed by atoms with Crippen LogP contribution in [0.4, 0.5) is 5.69 Å². The zero-order valence-corrected chi connectivity index (χ0v) is 12.4. The van der Waals surface area contributed by atoms with Crippen molar-refractivity contribution in [2.75, 3.05) is 5.32 Å². The molecule has 0 radical (unpaired) electrons. The second-order valence-corrected chi connectivity index (χ2v) is 4.86. The largest absolute Gasteiger partial charge is 0.326 e. The normalized spacial score (nSPS) is 10.6. The minimum absolute atomic E-state index is 0.0584. The van der Waals surface area contributed by atoms with Gasteiger partial charge < -0.3 is 5.32 Å². The highest BCUT2D eigenvalue weighted by Gasteiger charge is 2.05. The molecule has 0 heterocycles. The molecule has 1 aromatic rings. The van der Waals surface area contributed by atoms with E-state index >= 15 is 0 Å². The predicted molar refractivity (Wildman–Crippen MR) is 78.9 cm³/mol. The molecule has 0 spiro atoms. The van der Waals surface area contributed by atoms with Crippen LogP contribution in [0.3, 0.4) is 0 Å². The molecule has 104 valence electrons. The number of rotatable bonds is 5. The minimum atomic E-state index is -0.500. The molecule has 7 heteroatoms. The molecule has 0 saturated carbocycles. The van der Waals surface area contributed by atoms with Gasteiger partial charge in [0.15, 0.2) is 0 Å². The summed E-state index contributed by atoms with van der Waals surface area (Å²) in [5.41, 5.74) is 3.33. The molecule has 0 aliphatic carbocycles. The van der Waals surface area contributed by atoms with Crippen molar-refractivity contribution in [2.24, 2.45) is 5.10 Å². The number of nitriles is 1. The Kier molecular flexibility index (Phi) is 6.40. The second-order valence-electron chi connectivity index (χ2n) is 3.95. The van der Waals surface area contributed by atoms with Gasteiger partial charge in [-0.1, -0.05) is 15.9 Å². The number of hydrazone groups is 1. The van der Waals surface area contributed by atoms with E-state index in [1.807, 2.05) is 12.1 Å². The van der Waals surface area contributed by atoms with Crippen molar-refractivity contribution in [3.05, 3.63) is 28.7 Å². The summed E-state index contributed by atoms with van der Waals surface area (Å²) in [7, 11) is 0. The van der Waals surface area contributed by atoms with Crippen LogP contribution in [0, 0.1) is 11.3 Å². The van der Waals surface area contributed by atoms with Crippen LogP contribution in [-0.4, -0.2) is 17.5 Å². The maximum atomic E-state index is 11.7. The number of carbonyl (C=O) groups is 2. The number of anilines is 1. The van der Waals surface area contributed by atoms with Crippen molar-refractivity contribution in [2.45, 2.75) is 19.8 Å². The molecule has 0 aliphatic rings. The summed E-state index contributed by atoms with van der Waals surface area (Å²) in [6, 6.07) is 8.88. The van der Waals surface area contributed by atoms with Crippen LogP contribution in [0.25, 0.3) is 0 Å². The minimum Gasteiger partial charge on any atom is -0.326 e. The first-order valence-electron chi connectivity index (χ1n) is 5.75. The number of carbonyl (C=O) groups excluding carboxylic acids is 2. The molecular weight excluding hydrogens is 324 g/mol. The van der Waals surface area contributed by atoms with Gasteiger partial charge in [0.25, 0.3) is 5.91 Å². The molecule has 0 fully saturated rings. The zero-order chi connectivity index (χ0) is 15.0. The van der Waals surface area contributed by atoms with Gasteiger partial charge in [-0.2, -0.15) is 10.4 Å². The lowest BCUT2D eigenvalue weighted by Gasteiger charge is -2.05. The quantitative estimate of drug-likeness (QED) is 0.637. The summed E-state index contributed by atoms with van der Waals surface area (Å²) in [5, 5.41) is 14.7. The van der Waals surface area contributed by atoms with Gasteiger partial charge in [-0.15, -0.1) is 0 Å². The predicted octanol–water partition coefficient (Wildman–Crippen LogP) is 2.18. The van der Waals surface area contributed by atoms with Crippen LogP contribution in [0.1, 0.15) is 19.8 Å². The van der Waals surface area contributed by atoms with E-state index in [9.17, 15) is 9.59 Å². The Hall–Kier alpha value is -2.20. The third kappa shape index (κ3) is 6.11. The maximum Gasteiger partial charge on any atom is 0.254 e. The van der Waals surface area contributed by atoms with Gasteiger partial charge in [0.2, 0.25) is 5.91 Å². The number of hydrogen-bond donors (Lipinski definition) is 2. The molecular formula is C13H13BrN4O2. The maximum absolute atomic E-state index is 11.7. The number of hydrogen-bond acceptors (Lipinski definition) is 4. The highest BCUT2D eigenvalue weighted by atomic mass is 79.9. The SMILES string of the molecule is CC(CC(=O)Nc1ccc(Br)cc1)=NNC(=O)CC#N. The fourth-order valence-electron chi connectivity index (χ4n) is 1.28. The molecule has 6 nitrogen and oxygen atoms in total.